The zero-order valence-corrected chi connectivity index (χ0v) is 32.7. The van der Waals surface area contributed by atoms with Gasteiger partial charge in [0.25, 0.3) is 10.1 Å². The summed E-state index contributed by atoms with van der Waals surface area (Å²) in [7, 11) is -13.6. The average Bonchev–Trinajstić information content (AvgIpc) is 3.83. The van der Waals surface area contributed by atoms with Crippen LogP contribution < -0.4 is 8.37 Å². The Morgan fingerprint density at radius 3 is 1.86 bits per heavy atom. The molecule has 9 rings (SSSR count). The molecule has 0 fully saturated rings. The second-order valence-electron chi connectivity index (χ2n) is 13.5. The molecule has 290 valence electrons. The quantitative estimate of drug-likeness (QED) is 0.109. The van der Waals surface area contributed by atoms with E-state index < -0.39 is 30.4 Å². The SMILES string of the molecule is Cc1ccc(S(=O)(=O)Oc2cc(-n3nc4ccc5cc(S(=O)(=O)O)ccc5c4n3)c(OS(=O)(=O)c3ccc(C)cc3)cc2-c2nc3ccc4ccccc4c3o2)cc1. The zero-order valence-electron chi connectivity index (χ0n) is 30.3. The van der Waals surface area contributed by atoms with Gasteiger partial charge in [-0.1, -0.05) is 77.9 Å². The van der Waals surface area contributed by atoms with Gasteiger partial charge < -0.3 is 12.8 Å². The molecule has 17 heteroatoms. The maximum absolute atomic E-state index is 13.9. The van der Waals surface area contributed by atoms with Crippen LogP contribution in [-0.4, -0.2) is 49.8 Å². The summed E-state index contributed by atoms with van der Waals surface area (Å²) in [5.74, 6) is -0.777. The first-order chi connectivity index (χ1) is 27.6. The van der Waals surface area contributed by atoms with Gasteiger partial charge in [-0.05, 0) is 73.2 Å². The molecule has 2 heterocycles. The van der Waals surface area contributed by atoms with Crippen molar-refractivity contribution in [2.24, 2.45) is 0 Å². The van der Waals surface area contributed by atoms with Crippen molar-refractivity contribution in [3.05, 3.63) is 139 Å². The fourth-order valence-electron chi connectivity index (χ4n) is 6.47. The van der Waals surface area contributed by atoms with Crippen molar-refractivity contribution in [3.63, 3.8) is 0 Å². The average molecular weight is 833 g/mol. The Morgan fingerprint density at radius 1 is 0.586 bits per heavy atom. The molecule has 58 heavy (non-hydrogen) atoms. The molecule has 9 aromatic rings. The number of nitrogens with zero attached hydrogens (tertiary/aromatic N) is 4. The molecule has 7 aromatic carbocycles. The van der Waals surface area contributed by atoms with E-state index in [-0.39, 0.29) is 48.8 Å². The second kappa shape index (κ2) is 13.5. The Kier molecular flexibility index (Phi) is 8.59. The Morgan fingerprint density at radius 2 is 1.19 bits per heavy atom. The maximum Gasteiger partial charge on any atom is 0.339 e. The van der Waals surface area contributed by atoms with Gasteiger partial charge >= 0.3 is 20.2 Å². The van der Waals surface area contributed by atoms with Crippen molar-refractivity contribution in [1.29, 1.82) is 0 Å². The van der Waals surface area contributed by atoms with Crippen molar-refractivity contribution in [1.82, 2.24) is 20.0 Å². The summed E-state index contributed by atoms with van der Waals surface area (Å²) in [5.41, 5.74) is 2.77. The van der Waals surface area contributed by atoms with Crippen molar-refractivity contribution in [3.8, 4) is 28.6 Å². The first-order valence-electron chi connectivity index (χ1n) is 17.4. The molecule has 0 bridgehead atoms. The first-order valence-corrected chi connectivity index (χ1v) is 21.7. The molecule has 0 atom stereocenters. The number of aryl methyl sites for hydroxylation is 2. The molecule has 0 spiro atoms. The van der Waals surface area contributed by atoms with Crippen molar-refractivity contribution < 1.29 is 42.6 Å². The van der Waals surface area contributed by atoms with Gasteiger partial charge in [-0.2, -0.15) is 25.3 Å². The van der Waals surface area contributed by atoms with Crippen LogP contribution in [-0.2, 0) is 30.4 Å². The monoisotopic (exact) mass is 832 g/mol. The molecular weight excluding hydrogens is 805 g/mol. The minimum absolute atomic E-state index is 0.0753. The maximum atomic E-state index is 13.9. The highest BCUT2D eigenvalue weighted by Crippen LogP contribution is 2.42. The number of fused-ring (bicyclic) bond motifs is 6. The van der Waals surface area contributed by atoms with Crippen LogP contribution in [0.25, 0.3) is 60.8 Å². The van der Waals surface area contributed by atoms with Crippen LogP contribution >= 0.6 is 0 Å². The van der Waals surface area contributed by atoms with E-state index >= 15 is 0 Å². The van der Waals surface area contributed by atoms with Gasteiger partial charge in [0.1, 0.15) is 32.0 Å². The first kappa shape index (κ1) is 36.9. The van der Waals surface area contributed by atoms with Crippen molar-refractivity contribution >= 4 is 74.0 Å². The molecule has 0 aliphatic rings. The van der Waals surface area contributed by atoms with Gasteiger partial charge in [0.2, 0.25) is 5.89 Å². The Hall–Kier alpha value is -6.66. The van der Waals surface area contributed by atoms with E-state index in [9.17, 15) is 29.8 Å². The molecule has 0 saturated carbocycles. The number of hydrogen-bond acceptors (Lipinski definition) is 12. The van der Waals surface area contributed by atoms with E-state index in [1.54, 1.807) is 56.3 Å². The van der Waals surface area contributed by atoms with E-state index in [1.165, 1.54) is 54.6 Å². The van der Waals surface area contributed by atoms with Crippen LogP contribution in [0, 0.1) is 13.8 Å². The van der Waals surface area contributed by atoms with Gasteiger partial charge in [-0.25, -0.2) is 4.98 Å². The standard InChI is InChI=1S/C41H28N4O10S3/c1-24-7-13-28(14-8-24)57(49,50)54-37-23-36(45-43-34-19-12-27-21-30(56(46,47)48)17-18-31(27)39(34)44-45)38(55-58(51,52)29-15-9-25(2)10-16-29)22-33(37)41-42-35-20-11-26-5-3-4-6-32(26)40(35)53-41/h3-23H,1-2H3,(H,46,47,48). The molecule has 0 amide bonds. The smallest absolute Gasteiger partial charge is 0.339 e. The topological polar surface area (TPSA) is 198 Å². The summed E-state index contributed by atoms with van der Waals surface area (Å²) in [6.45, 7) is 3.61. The molecule has 0 unspecified atom stereocenters. The largest absolute Gasteiger partial charge is 0.435 e. The normalized spacial score (nSPS) is 12.5. The van der Waals surface area contributed by atoms with Crippen molar-refractivity contribution in [2.45, 2.75) is 28.5 Å². The second-order valence-corrected chi connectivity index (χ2v) is 18.0. The van der Waals surface area contributed by atoms with E-state index in [4.69, 9.17) is 12.8 Å². The van der Waals surface area contributed by atoms with Crippen LogP contribution in [0.4, 0.5) is 0 Å². The van der Waals surface area contributed by atoms with E-state index in [2.05, 4.69) is 15.2 Å². The summed E-state index contributed by atoms with van der Waals surface area (Å²) in [6, 6.07) is 32.5. The van der Waals surface area contributed by atoms with Gasteiger partial charge in [-0.15, -0.1) is 15.0 Å². The Labute approximate surface area is 330 Å². The van der Waals surface area contributed by atoms with Gasteiger partial charge in [-0.3, -0.25) is 4.55 Å². The Bertz CT molecular complexity index is 3470. The summed E-state index contributed by atoms with van der Waals surface area (Å²) in [6.07, 6.45) is 0. The van der Waals surface area contributed by atoms with Crippen LogP contribution in [0.5, 0.6) is 11.5 Å². The van der Waals surface area contributed by atoms with Crippen LogP contribution in [0.2, 0.25) is 0 Å². The molecule has 0 radical (unpaired) electrons. The number of benzene rings is 7. The van der Waals surface area contributed by atoms with Crippen LogP contribution in [0.1, 0.15) is 11.1 Å². The molecular formula is C41H28N4O10S3. The Balaban J connectivity index is 1.30. The third-order valence-electron chi connectivity index (χ3n) is 9.44. The molecule has 0 saturated heterocycles. The lowest BCUT2D eigenvalue weighted by Crippen LogP contribution is -2.14. The van der Waals surface area contributed by atoms with Crippen LogP contribution in [0.3, 0.4) is 0 Å². The lowest BCUT2D eigenvalue weighted by atomic mass is 10.1. The van der Waals surface area contributed by atoms with Gasteiger partial charge in [0, 0.05) is 22.9 Å². The number of hydrogen-bond donors (Lipinski definition) is 1. The minimum Gasteiger partial charge on any atom is -0.435 e. The highest BCUT2D eigenvalue weighted by atomic mass is 32.2. The predicted molar refractivity (Wildman–Crippen MR) is 215 cm³/mol. The lowest BCUT2D eigenvalue weighted by Gasteiger charge is -2.16. The third kappa shape index (κ3) is 6.68. The van der Waals surface area contributed by atoms with E-state index in [0.717, 1.165) is 26.7 Å². The molecule has 0 aliphatic carbocycles. The molecule has 14 nitrogen and oxygen atoms in total. The summed E-state index contributed by atoms with van der Waals surface area (Å²) < 4.78 is 107. The number of rotatable bonds is 9. The third-order valence-corrected chi connectivity index (χ3v) is 12.8. The molecule has 2 aromatic heterocycles. The summed E-state index contributed by atoms with van der Waals surface area (Å²) in [4.78, 5) is 5.06. The van der Waals surface area contributed by atoms with Crippen LogP contribution in [0.15, 0.2) is 146 Å². The van der Waals surface area contributed by atoms with E-state index in [1.807, 2.05) is 30.3 Å². The van der Waals surface area contributed by atoms with Gasteiger partial charge in [0.15, 0.2) is 17.1 Å². The van der Waals surface area contributed by atoms with Gasteiger partial charge in [0.05, 0.1) is 10.5 Å². The highest BCUT2D eigenvalue weighted by Gasteiger charge is 2.29. The number of oxazole rings is 1. The highest BCUT2D eigenvalue weighted by molar-refractivity contribution is 7.87. The predicted octanol–water partition coefficient (Wildman–Crippen LogP) is 7.93. The summed E-state index contributed by atoms with van der Waals surface area (Å²) in [5, 5.41) is 11.6. The zero-order chi connectivity index (χ0) is 40.6. The minimum atomic E-state index is -4.55. The van der Waals surface area contributed by atoms with Crippen molar-refractivity contribution in [2.75, 3.05) is 0 Å². The number of aromatic nitrogens is 4. The fraction of sp³-hybridized carbons (Fsp3) is 0.0488. The molecule has 1 N–H and O–H groups in total. The lowest BCUT2D eigenvalue weighted by molar-refractivity contribution is 0.474. The molecule has 0 aliphatic heterocycles. The summed E-state index contributed by atoms with van der Waals surface area (Å²) >= 11 is 0. The van der Waals surface area contributed by atoms with E-state index in [0.29, 0.717) is 27.4 Å². The fourth-order valence-corrected chi connectivity index (χ4v) is 8.87.